The number of rotatable bonds is 7. The van der Waals surface area contributed by atoms with Gasteiger partial charge in [-0.1, -0.05) is 52.2 Å². The highest BCUT2D eigenvalue weighted by atomic mass is 16.6. The minimum Gasteiger partial charge on any atom is -0.461 e. The predicted octanol–water partition coefficient (Wildman–Crippen LogP) is 4.08. The number of quaternary nitrogens is 1. The van der Waals surface area contributed by atoms with E-state index in [0.717, 1.165) is 18.9 Å². The Morgan fingerprint density at radius 1 is 1.31 bits per heavy atom. The molecule has 1 saturated heterocycles. The molecule has 2 fully saturated rings. The summed E-state index contributed by atoms with van der Waals surface area (Å²) in [7, 11) is 0. The standard InChI is InChI=1S/C23H39NO2/c1-15(2)8-6-10-17(4)24-14-19-18-12-20-16(3)9-7-11-23(20,5)13-21(18)26-22(19)25/h12,15-19,21,24H,6-11,13-14H2,1-5H3/p+1/t16-,17+,18+,19-,21+,23+/m0/s1. The van der Waals surface area contributed by atoms with Gasteiger partial charge in [-0.05, 0) is 56.3 Å². The molecule has 1 saturated carbocycles. The van der Waals surface area contributed by atoms with E-state index in [1.165, 1.54) is 38.5 Å². The summed E-state index contributed by atoms with van der Waals surface area (Å²) in [6.45, 7) is 12.5. The third-order valence-electron chi connectivity index (χ3n) is 7.31. The Balaban J connectivity index is 1.61. The van der Waals surface area contributed by atoms with Crippen LogP contribution >= 0.6 is 0 Å². The highest BCUT2D eigenvalue weighted by Crippen LogP contribution is 2.53. The highest BCUT2D eigenvalue weighted by Gasteiger charge is 2.52. The second kappa shape index (κ2) is 8.04. The topological polar surface area (TPSA) is 42.9 Å². The fraction of sp³-hybridized carbons (Fsp3) is 0.870. The molecule has 0 radical (unpaired) electrons. The molecule has 0 aromatic rings. The van der Waals surface area contributed by atoms with Crippen LogP contribution in [0.1, 0.15) is 79.6 Å². The molecule has 2 aliphatic carbocycles. The minimum absolute atomic E-state index is 0.0531. The normalized spacial score (nSPS) is 37.8. The second-order valence-corrected chi connectivity index (χ2v) is 10.1. The number of carbonyl (C=O) groups is 1. The molecule has 2 N–H and O–H groups in total. The Morgan fingerprint density at radius 2 is 2.08 bits per heavy atom. The van der Waals surface area contributed by atoms with E-state index < -0.39 is 0 Å². The van der Waals surface area contributed by atoms with Crippen molar-refractivity contribution in [2.24, 2.45) is 29.1 Å². The molecule has 3 aliphatic rings. The van der Waals surface area contributed by atoms with E-state index in [4.69, 9.17) is 4.74 Å². The first-order chi connectivity index (χ1) is 12.3. The lowest BCUT2D eigenvalue weighted by Gasteiger charge is -2.45. The maximum atomic E-state index is 12.6. The van der Waals surface area contributed by atoms with Gasteiger partial charge in [-0.25, -0.2) is 0 Å². The first-order valence-electron chi connectivity index (χ1n) is 11.1. The van der Waals surface area contributed by atoms with E-state index in [2.05, 4.69) is 46.0 Å². The summed E-state index contributed by atoms with van der Waals surface area (Å²) >= 11 is 0. The lowest BCUT2D eigenvalue weighted by molar-refractivity contribution is -0.690. The van der Waals surface area contributed by atoms with Crippen LogP contribution in [0.3, 0.4) is 0 Å². The van der Waals surface area contributed by atoms with Crippen molar-refractivity contribution in [1.82, 2.24) is 0 Å². The van der Waals surface area contributed by atoms with Gasteiger partial charge < -0.3 is 10.1 Å². The summed E-state index contributed by atoms with van der Waals surface area (Å²) in [4.78, 5) is 12.6. The zero-order valence-electron chi connectivity index (χ0n) is 17.6. The first-order valence-corrected chi connectivity index (χ1v) is 11.1. The van der Waals surface area contributed by atoms with E-state index in [-0.39, 0.29) is 23.4 Å². The lowest BCUT2D eigenvalue weighted by atomic mass is 9.59. The number of esters is 1. The van der Waals surface area contributed by atoms with Crippen molar-refractivity contribution in [3.63, 3.8) is 0 Å². The number of nitrogens with two attached hydrogens (primary N) is 1. The molecule has 1 aliphatic heterocycles. The molecule has 0 amide bonds. The van der Waals surface area contributed by atoms with Crippen molar-refractivity contribution >= 4 is 5.97 Å². The number of hydrogen-bond donors (Lipinski definition) is 1. The van der Waals surface area contributed by atoms with Crippen LogP contribution in [-0.2, 0) is 9.53 Å². The van der Waals surface area contributed by atoms with Crippen LogP contribution in [0.15, 0.2) is 11.6 Å². The molecular formula is C23H40NO2+. The summed E-state index contributed by atoms with van der Waals surface area (Å²) in [5.74, 6) is 1.87. The molecule has 0 bridgehead atoms. The van der Waals surface area contributed by atoms with Crippen LogP contribution in [0.25, 0.3) is 0 Å². The monoisotopic (exact) mass is 362 g/mol. The van der Waals surface area contributed by atoms with Gasteiger partial charge in [-0.15, -0.1) is 0 Å². The van der Waals surface area contributed by atoms with Crippen LogP contribution in [0.4, 0.5) is 0 Å². The fourth-order valence-corrected chi connectivity index (χ4v) is 5.66. The van der Waals surface area contributed by atoms with Crippen LogP contribution in [0, 0.1) is 29.1 Å². The highest BCUT2D eigenvalue weighted by molar-refractivity contribution is 5.76. The Hall–Kier alpha value is -0.830. The first kappa shape index (κ1) is 19.9. The summed E-state index contributed by atoms with van der Waals surface area (Å²) in [6.07, 6.45) is 11.3. The molecule has 3 nitrogen and oxygen atoms in total. The van der Waals surface area contributed by atoms with Crippen LogP contribution in [0.5, 0.6) is 0 Å². The summed E-state index contributed by atoms with van der Waals surface area (Å²) < 4.78 is 5.87. The van der Waals surface area contributed by atoms with Crippen molar-refractivity contribution in [1.29, 1.82) is 0 Å². The molecule has 0 unspecified atom stereocenters. The van der Waals surface area contributed by atoms with Gasteiger partial charge in [0.05, 0.1) is 12.6 Å². The van der Waals surface area contributed by atoms with E-state index in [1.807, 2.05) is 0 Å². The van der Waals surface area contributed by atoms with Gasteiger partial charge in [0, 0.05) is 5.92 Å². The number of ether oxygens (including phenoxy) is 1. The number of hydrogen-bond acceptors (Lipinski definition) is 2. The average Bonchev–Trinajstić information content (AvgIpc) is 2.84. The molecule has 0 aromatic heterocycles. The van der Waals surface area contributed by atoms with Gasteiger partial charge in [0.15, 0.2) is 0 Å². The molecule has 0 aromatic carbocycles. The largest absolute Gasteiger partial charge is 0.461 e. The second-order valence-electron chi connectivity index (χ2n) is 10.1. The Morgan fingerprint density at radius 3 is 2.81 bits per heavy atom. The molecule has 26 heavy (non-hydrogen) atoms. The number of allylic oxidation sites excluding steroid dienone is 1. The fourth-order valence-electron chi connectivity index (χ4n) is 5.66. The summed E-state index contributed by atoms with van der Waals surface area (Å²) in [6, 6.07) is 0.593. The molecule has 3 rings (SSSR count). The molecular weight excluding hydrogens is 322 g/mol. The smallest absolute Gasteiger partial charge is 0.315 e. The van der Waals surface area contributed by atoms with Crippen LogP contribution < -0.4 is 5.32 Å². The Kier molecular flexibility index (Phi) is 6.16. The maximum absolute atomic E-state index is 12.6. The predicted molar refractivity (Wildman–Crippen MR) is 106 cm³/mol. The van der Waals surface area contributed by atoms with Crippen molar-refractivity contribution in [2.45, 2.75) is 91.7 Å². The number of carbonyl (C=O) groups excluding carboxylic acids is 1. The molecule has 3 heteroatoms. The van der Waals surface area contributed by atoms with Crippen molar-refractivity contribution in [3.05, 3.63) is 11.6 Å². The quantitative estimate of drug-likeness (QED) is 0.548. The van der Waals surface area contributed by atoms with E-state index in [9.17, 15) is 4.79 Å². The van der Waals surface area contributed by atoms with Crippen LogP contribution in [-0.4, -0.2) is 24.7 Å². The third-order valence-corrected chi connectivity index (χ3v) is 7.31. The van der Waals surface area contributed by atoms with E-state index in [1.54, 1.807) is 5.57 Å². The Bertz CT molecular complexity index is 540. The van der Waals surface area contributed by atoms with Gasteiger partial charge >= 0.3 is 5.97 Å². The van der Waals surface area contributed by atoms with Gasteiger partial charge in [0.25, 0.3) is 0 Å². The van der Waals surface area contributed by atoms with Crippen molar-refractivity contribution in [2.75, 3.05) is 6.54 Å². The van der Waals surface area contributed by atoms with E-state index in [0.29, 0.717) is 17.9 Å². The SMILES string of the molecule is CC(C)CCC[C@@H](C)[NH2+]C[C@@H]1C(=O)O[C@@H]2C[C@@]3(C)CCC[C@H](C)C3=C[C@H]12. The summed E-state index contributed by atoms with van der Waals surface area (Å²) in [5, 5.41) is 2.39. The Labute approximate surface area is 160 Å². The lowest BCUT2D eigenvalue weighted by Crippen LogP contribution is -2.90. The summed E-state index contributed by atoms with van der Waals surface area (Å²) in [5.41, 5.74) is 1.89. The van der Waals surface area contributed by atoms with Gasteiger partial charge in [0.1, 0.15) is 12.0 Å². The zero-order valence-corrected chi connectivity index (χ0v) is 17.6. The van der Waals surface area contributed by atoms with Crippen molar-refractivity contribution < 1.29 is 14.8 Å². The third kappa shape index (κ3) is 4.18. The molecule has 0 spiro atoms. The molecule has 148 valence electrons. The van der Waals surface area contributed by atoms with Gasteiger partial charge in [-0.3, -0.25) is 4.79 Å². The average molecular weight is 363 g/mol. The van der Waals surface area contributed by atoms with Crippen LogP contribution in [0.2, 0.25) is 0 Å². The number of fused-ring (bicyclic) bond motifs is 2. The van der Waals surface area contributed by atoms with Gasteiger partial charge in [0.2, 0.25) is 0 Å². The maximum Gasteiger partial charge on any atom is 0.315 e. The minimum atomic E-state index is 0.0531. The zero-order chi connectivity index (χ0) is 18.9. The van der Waals surface area contributed by atoms with Crippen molar-refractivity contribution in [3.8, 4) is 0 Å². The molecule has 6 atom stereocenters. The van der Waals surface area contributed by atoms with Gasteiger partial charge in [-0.2, -0.15) is 0 Å². The van der Waals surface area contributed by atoms with E-state index >= 15 is 0 Å². The molecule has 1 heterocycles.